The van der Waals surface area contributed by atoms with Crippen molar-refractivity contribution in [2.75, 3.05) is 14.2 Å². The summed E-state index contributed by atoms with van der Waals surface area (Å²) >= 11 is -2.62. The molecular weight excluding hydrogens is 667 g/mol. The van der Waals surface area contributed by atoms with Gasteiger partial charge in [-0.25, -0.2) is 0 Å². The molecule has 2 aliphatic carbocycles. The van der Waals surface area contributed by atoms with E-state index in [1.807, 2.05) is 0 Å². The second-order valence-electron chi connectivity index (χ2n) is 14.7. The van der Waals surface area contributed by atoms with Gasteiger partial charge in [-0.05, 0) is 0 Å². The zero-order valence-corrected chi connectivity index (χ0v) is 32.2. The first-order chi connectivity index (χ1) is 22.3. The van der Waals surface area contributed by atoms with Gasteiger partial charge in [-0.3, -0.25) is 0 Å². The summed E-state index contributed by atoms with van der Waals surface area (Å²) in [4.78, 5) is 0. The fraction of sp³-hybridized carbons (Fsp3) is 0.349. The molecule has 5 heteroatoms. The molecule has 2 nitrogen and oxygen atoms in total. The smallest absolute Gasteiger partial charge is 1.00 e. The van der Waals surface area contributed by atoms with Crippen LogP contribution in [0.15, 0.2) is 96.1 Å². The zero-order chi connectivity index (χ0) is 32.0. The Morgan fingerprint density at radius 2 is 0.979 bits per heavy atom. The molecule has 0 bridgehead atoms. The van der Waals surface area contributed by atoms with Crippen molar-refractivity contribution in [3.8, 4) is 33.8 Å². The van der Waals surface area contributed by atoms with Crippen molar-refractivity contribution in [2.45, 2.75) is 64.9 Å². The maximum atomic E-state index is 5.50. The third kappa shape index (κ3) is 6.47. The first-order valence-electron chi connectivity index (χ1n) is 17.3. The number of hydrogen-bond donors (Lipinski definition) is 0. The van der Waals surface area contributed by atoms with E-state index in [-0.39, 0.29) is 24.8 Å². The van der Waals surface area contributed by atoms with E-state index in [1.165, 1.54) is 62.1 Å². The summed E-state index contributed by atoms with van der Waals surface area (Å²) in [6.45, 7) is 9.62. The van der Waals surface area contributed by atoms with E-state index >= 15 is 0 Å². The van der Waals surface area contributed by atoms with Crippen LogP contribution in [0, 0.1) is 11.8 Å². The quantitative estimate of drug-likeness (QED) is 0.185. The van der Waals surface area contributed by atoms with Crippen LogP contribution in [-0.2, 0) is 16.6 Å². The Kier molecular flexibility index (Phi) is 11.4. The average molecular weight is 716 g/mol. The van der Waals surface area contributed by atoms with E-state index in [9.17, 15) is 0 Å². The van der Waals surface area contributed by atoms with Crippen LogP contribution in [0.2, 0.25) is 9.45 Å². The van der Waals surface area contributed by atoms with Gasteiger partial charge in [0.25, 0.3) is 0 Å². The van der Waals surface area contributed by atoms with Crippen LogP contribution in [0.1, 0.15) is 77.7 Å². The van der Waals surface area contributed by atoms with Crippen molar-refractivity contribution in [2.24, 2.45) is 11.8 Å². The topological polar surface area (TPSA) is 18.5 Å². The van der Waals surface area contributed by atoms with Crippen molar-refractivity contribution >= 4 is 12.2 Å². The summed E-state index contributed by atoms with van der Waals surface area (Å²) in [5.74, 6) is 3.09. The molecule has 0 N–H and O–H groups in total. The number of ether oxygens (including phenoxy) is 2. The van der Waals surface area contributed by atoms with E-state index in [2.05, 4.69) is 125 Å². The Balaban J connectivity index is 0.00000225. The van der Waals surface area contributed by atoms with Crippen molar-refractivity contribution in [1.29, 1.82) is 0 Å². The van der Waals surface area contributed by atoms with Gasteiger partial charge in [0.1, 0.15) is 0 Å². The van der Waals surface area contributed by atoms with E-state index < -0.39 is 16.6 Å². The molecule has 48 heavy (non-hydrogen) atoms. The molecule has 1 fully saturated rings. The van der Waals surface area contributed by atoms with E-state index in [0.717, 1.165) is 11.5 Å². The molecule has 250 valence electrons. The number of allylic oxidation sites excluding steroid dienone is 2. The normalized spacial score (nSPS) is 17.9. The summed E-state index contributed by atoms with van der Waals surface area (Å²) in [6, 6.07) is 31.7. The maximum absolute atomic E-state index is 5.50. The van der Waals surface area contributed by atoms with Gasteiger partial charge in [0.05, 0.1) is 0 Å². The standard InChI is InChI=1S/2C20H21O.C3H6.2ClH.Ti/c2*1-14(2)11-15-12-17-5-4-6-19(20(17)13-15)16-7-9-18(21-3)10-8-16;1-3-2;;;/h2*4-10,12-14H,11H2,1-3H3;1-3H2;2*1H;/q;;;;;+2/p-2. The summed E-state index contributed by atoms with van der Waals surface area (Å²) in [5, 5.41) is 0. The van der Waals surface area contributed by atoms with Gasteiger partial charge < -0.3 is 24.8 Å². The van der Waals surface area contributed by atoms with E-state index in [0.29, 0.717) is 20.3 Å². The van der Waals surface area contributed by atoms with Crippen molar-refractivity contribution in [3.63, 3.8) is 0 Å². The van der Waals surface area contributed by atoms with Gasteiger partial charge in [0, 0.05) is 0 Å². The van der Waals surface area contributed by atoms with Crippen LogP contribution >= 0.6 is 0 Å². The minimum absolute atomic E-state index is 0. The number of benzene rings is 4. The fourth-order valence-corrected chi connectivity index (χ4v) is 18.8. The van der Waals surface area contributed by atoms with Gasteiger partial charge in [-0.1, -0.05) is 0 Å². The summed E-state index contributed by atoms with van der Waals surface area (Å²) < 4.78 is 15.1. The first-order valence-corrected chi connectivity index (χ1v) is 21.3. The molecular formula is C43H48Cl2O2Ti. The van der Waals surface area contributed by atoms with Gasteiger partial charge in [-0.2, -0.15) is 0 Å². The molecule has 4 aromatic carbocycles. The molecule has 2 unspecified atom stereocenters. The van der Waals surface area contributed by atoms with Crippen LogP contribution in [0.25, 0.3) is 34.4 Å². The number of methoxy groups -OCH3 is 2. The zero-order valence-electron chi connectivity index (χ0n) is 29.2. The van der Waals surface area contributed by atoms with Crippen LogP contribution < -0.4 is 34.3 Å². The van der Waals surface area contributed by atoms with Gasteiger partial charge >= 0.3 is 281 Å². The maximum Gasteiger partial charge on any atom is -1.00 e. The van der Waals surface area contributed by atoms with E-state index in [1.54, 1.807) is 36.5 Å². The molecule has 1 saturated heterocycles. The molecule has 3 aliphatic rings. The molecule has 0 spiro atoms. The predicted molar refractivity (Wildman–Crippen MR) is 191 cm³/mol. The minimum Gasteiger partial charge on any atom is -1.00 e. The molecule has 1 heterocycles. The summed E-state index contributed by atoms with van der Waals surface area (Å²) in [6.07, 6.45) is 9.03. The SMILES string of the molecule is COc1ccc(-c2cccc3c2C=C(CC(C)C)[CH]3[Ti+2]2([CH]3C(CC(C)C)=Cc4c(-c5ccc(OC)cc5)cccc43)[CH2]C[CH2]2)cc1.[Cl-].[Cl-]. The molecule has 0 radical (unpaired) electrons. The Bertz CT molecular complexity index is 1670. The van der Waals surface area contributed by atoms with Gasteiger partial charge in [0.15, 0.2) is 0 Å². The molecule has 0 aromatic heterocycles. The molecule has 0 saturated carbocycles. The van der Waals surface area contributed by atoms with E-state index in [4.69, 9.17) is 9.47 Å². The van der Waals surface area contributed by atoms with Crippen molar-refractivity contribution < 1.29 is 50.9 Å². The third-order valence-electron chi connectivity index (χ3n) is 10.8. The predicted octanol–water partition coefficient (Wildman–Crippen LogP) is 6.11. The third-order valence-corrected chi connectivity index (χ3v) is 20.6. The summed E-state index contributed by atoms with van der Waals surface area (Å²) in [5.41, 5.74) is 14.9. The van der Waals surface area contributed by atoms with Gasteiger partial charge in [0.2, 0.25) is 0 Å². The molecule has 4 aromatic rings. The van der Waals surface area contributed by atoms with Gasteiger partial charge in [-0.15, -0.1) is 0 Å². The Hall–Kier alpha value is -2.75. The Morgan fingerprint density at radius 3 is 1.29 bits per heavy atom. The summed E-state index contributed by atoms with van der Waals surface area (Å²) in [7, 11) is 3.49. The fourth-order valence-electron chi connectivity index (χ4n) is 8.96. The number of rotatable bonds is 10. The Labute approximate surface area is 304 Å². The monoisotopic (exact) mass is 714 g/mol. The largest absolute Gasteiger partial charge is 1.00 e. The molecule has 1 aliphatic heterocycles. The number of fused-ring (bicyclic) bond motifs is 2. The number of halogens is 2. The van der Waals surface area contributed by atoms with Crippen LogP contribution in [0.4, 0.5) is 0 Å². The number of hydrogen-bond acceptors (Lipinski definition) is 2. The molecule has 0 amide bonds. The van der Waals surface area contributed by atoms with Crippen LogP contribution in [-0.4, -0.2) is 14.2 Å². The van der Waals surface area contributed by atoms with Crippen LogP contribution in [0.3, 0.4) is 0 Å². The minimum atomic E-state index is -2.62. The first kappa shape index (κ1) is 36.5. The Morgan fingerprint density at radius 1 is 0.583 bits per heavy atom. The van der Waals surface area contributed by atoms with Crippen molar-refractivity contribution in [3.05, 3.63) is 118 Å². The van der Waals surface area contributed by atoms with Crippen LogP contribution in [0.5, 0.6) is 11.5 Å². The second-order valence-corrected chi connectivity index (χ2v) is 21.9. The average Bonchev–Trinajstić information content (AvgIpc) is 3.58. The molecule has 2 atom stereocenters. The molecule has 7 rings (SSSR count). The van der Waals surface area contributed by atoms with Crippen molar-refractivity contribution in [1.82, 2.24) is 0 Å². The second kappa shape index (κ2) is 15.0.